The lowest BCUT2D eigenvalue weighted by molar-refractivity contribution is 0.117. The van der Waals surface area contributed by atoms with E-state index in [9.17, 15) is 0 Å². The van der Waals surface area contributed by atoms with E-state index in [0.717, 1.165) is 39.3 Å². The maximum atomic E-state index is 8.73. The van der Waals surface area contributed by atoms with E-state index in [2.05, 4.69) is 0 Å². The van der Waals surface area contributed by atoms with Crippen molar-refractivity contribution in [3.63, 3.8) is 0 Å². The van der Waals surface area contributed by atoms with E-state index in [0.29, 0.717) is 13.2 Å². The fourth-order valence-corrected chi connectivity index (χ4v) is 3.72. The van der Waals surface area contributed by atoms with Crippen molar-refractivity contribution >= 4 is 0 Å². The maximum Gasteiger partial charge on any atom is 0.0466 e. The second kappa shape index (κ2) is 28.8. The van der Waals surface area contributed by atoms with Crippen LogP contribution in [0, 0.1) is 0 Å². The normalized spacial score (nSPS) is 11.4. The van der Waals surface area contributed by atoms with Crippen molar-refractivity contribution in [2.24, 2.45) is 0 Å². The molecule has 0 rings (SSSR count). The molecule has 0 heterocycles. The van der Waals surface area contributed by atoms with Gasteiger partial charge in [-0.3, -0.25) is 0 Å². The highest BCUT2D eigenvalue weighted by Crippen LogP contribution is 2.10. The molecule has 0 saturated heterocycles. The van der Waals surface area contributed by atoms with Gasteiger partial charge in [-0.1, -0.05) is 89.9 Å². The van der Waals surface area contributed by atoms with Gasteiger partial charge in [0.2, 0.25) is 0 Å². The molecule has 0 aromatic rings. The Bertz CT molecular complexity index is 258. The number of hydrogen-bond donors (Lipinski definition) is 2. The van der Waals surface area contributed by atoms with Crippen LogP contribution in [0.4, 0.5) is 0 Å². The average molecular weight is 431 g/mol. The Kier molecular flexibility index (Phi) is 28.7. The van der Waals surface area contributed by atoms with Gasteiger partial charge >= 0.3 is 0 Å². The molecule has 182 valence electrons. The summed E-state index contributed by atoms with van der Waals surface area (Å²) in [5.41, 5.74) is 0. The first-order valence-electron chi connectivity index (χ1n) is 13.3. The van der Waals surface area contributed by atoms with Crippen LogP contribution in [0.25, 0.3) is 0 Å². The molecule has 0 spiro atoms. The van der Waals surface area contributed by atoms with Gasteiger partial charge in [-0.15, -0.1) is 0 Å². The molecule has 0 amide bonds. The molecule has 0 aliphatic heterocycles. The predicted molar refractivity (Wildman–Crippen MR) is 128 cm³/mol. The Morgan fingerprint density at radius 3 is 0.700 bits per heavy atom. The van der Waals surface area contributed by atoms with Gasteiger partial charge in [0.15, 0.2) is 0 Å². The summed E-state index contributed by atoms with van der Waals surface area (Å²) in [6, 6.07) is 0. The third kappa shape index (κ3) is 27.8. The van der Waals surface area contributed by atoms with Gasteiger partial charge in [-0.05, 0) is 38.5 Å². The quantitative estimate of drug-likeness (QED) is 0.141. The average Bonchev–Trinajstić information content (AvgIpc) is 2.76. The first-order chi connectivity index (χ1) is 14.9. The Hall–Kier alpha value is -0.160. The standard InChI is InChI=1S/C26H54O4/c27-21-15-9-5-1-3-7-11-17-23-29-25-19-13-14-20-26-30-24-18-12-8-4-2-6-10-16-22-28/h27-28H,1-26H2. The minimum Gasteiger partial charge on any atom is -0.396 e. The highest BCUT2D eigenvalue weighted by molar-refractivity contribution is 4.49. The predicted octanol–water partition coefficient (Wildman–Crippen LogP) is 6.81. The van der Waals surface area contributed by atoms with Crippen molar-refractivity contribution in [3.05, 3.63) is 0 Å². The van der Waals surface area contributed by atoms with Crippen molar-refractivity contribution in [1.82, 2.24) is 0 Å². The molecule has 2 N–H and O–H groups in total. The van der Waals surface area contributed by atoms with Crippen LogP contribution in [-0.4, -0.2) is 49.9 Å². The van der Waals surface area contributed by atoms with Crippen LogP contribution in [0.3, 0.4) is 0 Å². The molecule has 0 aliphatic carbocycles. The third-order valence-corrected chi connectivity index (χ3v) is 5.72. The number of ether oxygens (including phenoxy) is 2. The van der Waals surface area contributed by atoms with E-state index in [4.69, 9.17) is 19.7 Å². The molecule has 4 heteroatoms. The Morgan fingerprint density at radius 2 is 0.467 bits per heavy atom. The van der Waals surface area contributed by atoms with Crippen molar-refractivity contribution in [3.8, 4) is 0 Å². The molecule has 4 nitrogen and oxygen atoms in total. The van der Waals surface area contributed by atoms with Crippen LogP contribution in [0.15, 0.2) is 0 Å². The van der Waals surface area contributed by atoms with Crippen LogP contribution in [0.5, 0.6) is 0 Å². The van der Waals surface area contributed by atoms with Crippen LogP contribution < -0.4 is 0 Å². The summed E-state index contributed by atoms with van der Waals surface area (Å²) < 4.78 is 11.5. The van der Waals surface area contributed by atoms with Crippen molar-refractivity contribution in [2.75, 3.05) is 39.6 Å². The monoisotopic (exact) mass is 430 g/mol. The first-order valence-corrected chi connectivity index (χ1v) is 13.3. The first kappa shape index (κ1) is 29.8. The van der Waals surface area contributed by atoms with Gasteiger partial charge in [-0.2, -0.15) is 0 Å². The minimum absolute atomic E-state index is 0.347. The zero-order chi connectivity index (χ0) is 21.8. The largest absolute Gasteiger partial charge is 0.396 e. The van der Waals surface area contributed by atoms with E-state index < -0.39 is 0 Å². The van der Waals surface area contributed by atoms with Crippen LogP contribution in [0.1, 0.15) is 128 Å². The molecular formula is C26H54O4. The topological polar surface area (TPSA) is 58.9 Å². The van der Waals surface area contributed by atoms with E-state index in [1.165, 1.54) is 116 Å². The lowest BCUT2D eigenvalue weighted by atomic mass is 10.1. The molecule has 0 unspecified atom stereocenters. The van der Waals surface area contributed by atoms with Crippen LogP contribution in [0.2, 0.25) is 0 Å². The van der Waals surface area contributed by atoms with Crippen molar-refractivity contribution in [1.29, 1.82) is 0 Å². The summed E-state index contributed by atoms with van der Waals surface area (Å²) in [6.45, 7) is 4.38. The van der Waals surface area contributed by atoms with E-state index in [1.54, 1.807) is 0 Å². The lowest BCUT2D eigenvalue weighted by Gasteiger charge is -2.06. The van der Waals surface area contributed by atoms with E-state index in [1.807, 2.05) is 0 Å². The number of rotatable bonds is 27. The third-order valence-electron chi connectivity index (χ3n) is 5.72. The number of unbranched alkanes of at least 4 members (excludes halogenated alkanes) is 17. The van der Waals surface area contributed by atoms with Gasteiger partial charge in [-0.25, -0.2) is 0 Å². The Balaban J connectivity index is 2.97. The molecule has 0 aromatic carbocycles. The molecule has 0 saturated carbocycles. The molecule has 0 radical (unpaired) electrons. The smallest absolute Gasteiger partial charge is 0.0466 e. The van der Waals surface area contributed by atoms with E-state index in [-0.39, 0.29) is 0 Å². The van der Waals surface area contributed by atoms with Gasteiger partial charge in [0.1, 0.15) is 0 Å². The summed E-state index contributed by atoms with van der Waals surface area (Å²) in [7, 11) is 0. The second-order valence-electron chi connectivity index (χ2n) is 8.74. The molecular weight excluding hydrogens is 376 g/mol. The van der Waals surface area contributed by atoms with Crippen LogP contribution in [-0.2, 0) is 9.47 Å². The highest BCUT2D eigenvalue weighted by atomic mass is 16.5. The zero-order valence-electron chi connectivity index (χ0n) is 20.1. The second-order valence-corrected chi connectivity index (χ2v) is 8.74. The Labute approximate surface area is 188 Å². The van der Waals surface area contributed by atoms with Crippen molar-refractivity contribution < 1.29 is 19.7 Å². The zero-order valence-corrected chi connectivity index (χ0v) is 20.1. The van der Waals surface area contributed by atoms with Gasteiger partial charge in [0, 0.05) is 39.6 Å². The SMILES string of the molecule is OCCCCCCCCCCOCCCCCCOCCCCCCCCCCO. The maximum absolute atomic E-state index is 8.73. The fourth-order valence-electron chi connectivity index (χ4n) is 3.72. The van der Waals surface area contributed by atoms with E-state index >= 15 is 0 Å². The molecule has 0 aromatic heterocycles. The molecule has 0 bridgehead atoms. The lowest BCUT2D eigenvalue weighted by Crippen LogP contribution is -1.99. The summed E-state index contributed by atoms with van der Waals surface area (Å²) in [6.07, 6.45) is 24.7. The Morgan fingerprint density at radius 1 is 0.267 bits per heavy atom. The summed E-state index contributed by atoms with van der Waals surface area (Å²) in [5, 5.41) is 17.5. The van der Waals surface area contributed by atoms with Crippen LogP contribution >= 0.6 is 0 Å². The summed E-state index contributed by atoms with van der Waals surface area (Å²) >= 11 is 0. The number of aliphatic hydroxyl groups excluding tert-OH is 2. The van der Waals surface area contributed by atoms with Gasteiger partial charge in [0.25, 0.3) is 0 Å². The molecule has 30 heavy (non-hydrogen) atoms. The number of aliphatic hydroxyl groups is 2. The van der Waals surface area contributed by atoms with Gasteiger partial charge in [0.05, 0.1) is 0 Å². The highest BCUT2D eigenvalue weighted by Gasteiger charge is 1.96. The molecule has 0 aliphatic rings. The fraction of sp³-hybridized carbons (Fsp3) is 1.00. The molecule has 0 fully saturated rings. The molecule has 0 atom stereocenters. The summed E-state index contributed by atoms with van der Waals surface area (Å²) in [4.78, 5) is 0. The van der Waals surface area contributed by atoms with Crippen molar-refractivity contribution in [2.45, 2.75) is 128 Å². The minimum atomic E-state index is 0.347. The summed E-state index contributed by atoms with van der Waals surface area (Å²) in [5.74, 6) is 0. The van der Waals surface area contributed by atoms with Gasteiger partial charge < -0.3 is 19.7 Å². The number of hydrogen-bond acceptors (Lipinski definition) is 4.